The Morgan fingerprint density at radius 2 is 2.12 bits per heavy atom. The van der Waals surface area contributed by atoms with Crippen LogP contribution in [0.4, 0.5) is 0 Å². The van der Waals surface area contributed by atoms with Crippen molar-refractivity contribution >= 4 is 9.92 Å². The Balaban J connectivity index is 2.60. The van der Waals surface area contributed by atoms with E-state index >= 15 is 0 Å². The van der Waals surface area contributed by atoms with Crippen molar-refractivity contribution in [2.75, 3.05) is 0 Å². The van der Waals surface area contributed by atoms with Crippen molar-refractivity contribution in [2.45, 2.75) is 24.5 Å². The molecule has 0 spiro atoms. The summed E-state index contributed by atoms with van der Waals surface area (Å²) in [4.78, 5) is 0. The van der Waals surface area contributed by atoms with E-state index in [1.54, 1.807) is 0 Å². The first-order valence-corrected chi connectivity index (χ1v) is 4.34. The first-order chi connectivity index (χ1) is 3.61. The largest absolute Gasteiger partial charge is 0.245 e. The Morgan fingerprint density at radius 1 is 1.62 bits per heavy atom. The highest BCUT2D eigenvalue weighted by atomic mass is 32.2. The van der Waals surface area contributed by atoms with Gasteiger partial charge in [-0.25, -0.2) is 14.1 Å². The van der Waals surface area contributed by atoms with Gasteiger partial charge in [-0.05, 0) is 12.8 Å². The van der Waals surface area contributed by atoms with Crippen molar-refractivity contribution in [3.63, 3.8) is 0 Å². The van der Waals surface area contributed by atoms with Gasteiger partial charge in [-0.2, -0.15) is 0 Å². The van der Waals surface area contributed by atoms with Crippen molar-refractivity contribution in [2.24, 2.45) is 5.14 Å². The lowest BCUT2D eigenvalue weighted by molar-refractivity contribution is 0.500. The van der Waals surface area contributed by atoms with Crippen LogP contribution in [0.25, 0.3) is 0 Å². The van der Waals surface area contributed by atoms with Crippen LogP contribution >= 0.6 is 0 Å². The monoisotopic (exact) mass is 134 g/mol. The zero-order valence-corrected chi connectivity index (χ0v) is 5.41. The number of nitrogens with two attached hydrogens (primary N) is 1. The van der Waals surface area contributed by atoms with Crippen LogP contribution in [0.1, 0.15) is 19.3 Å². The molecule has 0 bridgehead atoms. The lowest BCUT2D eigenvalue weighted by Gasteiger charge is -2.24. The molecule has 1 rings (SSSR count). The zero-order valence-electron chi connectivity index (χ0n) is 4.59. The summed E-state index contributed by atoms with van der Waals surface area (Å²) in [5, 5.41) is 5.04. The highest BCUT2D eigenvalue weighted by molar-refractivity contribution is 7.90. The molecule has 8 heavy (non-hydrogen) atoms. The molecule has 3 N–H and O–H groups in total. The lowest BCUT2D eigenvalue weighted by Crippen LogP contribution is -2.32. The van der Waals surface area contributed by atoms with Crippen LogP contribution in [0.3, 0.4) is 0 Å². The number of hydrogen-bond donors (Lipinski definition) is 2. The minimum absolute atomic E-state index is 0.00231. The van der Waals surface area contributed by atoms with Crippen LogP contribution in [0.5, 0.6) is 0 Å². The van der Waals surface area contributed by atoms with Crippen LogP contribution in [-0.4, -0.2) is 9.46 Å². The predicted octanol–water partition coefficient (Wildman–Crippen LogP) is 0.459. The summed E-state index contributed by atoms with van der Waals surface area (Å²) < 4.78 is 17.5. The fourth-order valence-electron chi connectivity index (χ4n) is 0.721. The molecular weight excluding hydrogens is 124 g/mol. The molecule has 3 nitrogen and oxygen atoms in total. The summed E-state index contributed by atoms with van der Waals surface area (Å²) in [7, 11) is -2.67. The molecule has 1 unspecified atom stereocenters. The number of rotatable bonds is 1. The van der Waals surface area contributed by atoms with Gasteiger partial charge in [0.05, 0.1) is 5.25 Å². The van der Waals surface area contributed by atoms with Gasteiger partial charge in [-0.15, -0.1) is 0 Å². The van der Waals surface area contributed by atoms with Gasteiger partial charge in [-0.3, -0.25) is 0 Å². The Hall–Kier alpha value is -0.0900. The first kappa shape index (κ1) is 6.04. The van der Waals surface area contributed by atoms with Crippen molar-refractivity contribution in [1.29, 1.82) is 4.78 Å². The fourth-order valence-corrected chi connectivity index (χ4v) is 1.75. The van der Waals surface area contributed by atoms with Crippen LogP contribution in [0, 0.1) is 4.78 Å². The van der Waals surface area contributed by atoms with Gasteiger partial charge in [0.2, 0.25) is 0 Å². The Morgan fingerprint density at radius 3 is 2.12 bits per heavy atom. The molecule has 0 saturated heterocycles. The van der Waals surface area contributed by atoms with Crippen LogP contribution in [-0.2, 0) is 9.92 Å². The van der Waals surface area contributed by atoms with Crippen molar-refractivity contribution in [3.05, 3.63) is 0 Å². The molecule has 1 fully saturated rings. The van der Waals surface area contributed by atoms with Gasteiger partial charge in [0.1, 0.15) is 9.92 Å². The maximum absolute atomic E-state index is 10.6. The molecule has 0 aromatic carbocycles. The topological polar surface area (TPSA) is 66.9 Å². The summed E-state index contributed by atoms with van der Waals surface area (Å²) in [6.45, 7) is 0. The average Bonchev–Trinajstić information content (AvgIpc) is 1.16. The molecule has 0 aromatic rings. The molecule has 1 aliphatic carbocycles. The molecule has 1 saturated carbocycles. The van der Waals surface area contributed by atoms with Crippen molar-refractivity contribution in [3.8, 4) is 0 Å². The highest BCUT2D eigenvalue weighted by Crippen LogP contribution is 2.23. The van der Waals surface area contributed by atoms with Crippen LogP contribution < -0.4 is 5.14 Å². The standard InChI is InChI=1S/C4H10N2OS/c5-8(6,7)4-2-1-3-4/h4H,1-3H2,(H3,5,6,7). The molecule has 1 aliphatic rings. The highest BCUT2D eigenvalue weighted by Gasteiger charge is 2.24. The lowest BCUT2D eigenvalue weighted by atomic mass is 10.0. The van der Waals surface area contributed by atoms with Crippen molar-refractivity contribution < 1.29 is 4.21 Å². The predicted molar refractivity (Wildman–Crippen MR) is 32.7 cm³/mol. The molecule has 0 aromatic heterocycles. The van der Waals surface area contributed by atoms with E-state index in [9.17, 15) is 4.21 Å². The third kappa shape index (κ3) is 1.00. The van der Waals surface area contributed by atoms with E-state index in [0.717, 1.165) is 19.3 Å². The van der Waals surface area contributed by atoms with Crippen LogP contribution in [0.15, 0.2) is 0 Å². The summed E-state index contributed by atoms with van der Waals surface area (Å²) in [5.41, 5.74) is 0. The number of nitrogens with one attached hydrogen (secondary N) is 1. The molecule has 48 valence electrons. The second kappa shape index (κ2) is 1.70. The summed E-state index contributed by atoms with van der Waals surface area (Å²) >= 11 is 0. The summed E-state index contributed by atoms with van der Waals surface area (Å²) in [5.74, 6) is 0. The smallest absolute Gasteiger partial charge is 0.105 e. The van der Waals surface area contributed by atoms with E-state index in [2.05, 4.69) is 0 Å². The van der Waals surface area contributed by atoms with E-state index in [4.69, 9.17) is 9.92 Å². The van der Waals surface area contributed by atoms with Gasteiger partial charge < -0.3 is 0 Å². The van der Waals surface area contributed by atoms with E-state index < -0.39 is 9.92 Å². The maximum Gasteiger partial charge on any atom is 0.105 e. The third-order valence-corrected chi connectivity index (χ3v) is 3.01. The molecule has 1 atom stereocenters. The fraction of sp³-hybridized carbons (Fsp3) is 1.00. The van der Waals surface area contributed by atoms with Gasteiger partial charge in [0, 0.05) is 0 Å². The first-order valence-electron chi connectivity index (χ1n) is 2.66. The Bertz CT molecular complexity index is 168. The molecule has 0 aliphatic heterocycles. The molecule has 4 heteroatoms. The second-order valence-electron chi connectivity index (χ2n) is 2.20. The minimum atomic E-state index is -2.67. The van der Waals surface area contributed by atoms with Crippen molar-refractivity contribution in [1.82, 2.24) is 0 Å². The quantitative estimate of drug-likeness (QED) is 0.537. The van der Waals surface area contributed by atoms with Gasteiger partial charge in [-0.1, -0.05) is 6.42 Å². The van der Waals surface area contributed by atoms with E-state index in [-0.39, 0.29) is 5.25 Å². The Kier molecular flexibility index (Phi) is 1.28. The molecular formula is C4H10N2OS. The summed E-state index contributed by atoms with van der Waals surface area (Å²) in [6, 6.07) is 0. The normalized spacial score (nSPS) is 28.6. The average molecular weight is 134 g/mol. The number of hydrogen-bond acceptors (Lipinski definition) is 2. The summed E-state index contributed by atoms with van der Waals surface area (Å²) in [6.07, 6.45) is 2.87. The molecule has 0 radical (unpaired) electrons. The minimum Gasteiger partial charge on any atom is -0.245 e. The Labute approximate surface area is 49.4 Å². The molecule has 0 amide bonds. The van der Waals surface area contributed by atoms with Gasteiger partial charge in [0.15, 0.2) is 0 Å². The second-order valence-corrected chi connectivity index (χ2v) is 4.16. The van der Waals surface area contributed by atoms with E-state index in [1.165, 1.54) is 0 Å². The zero-order chi connectivity index (χ0) is 6.20. The maximum atomic E-state index is 10.6. The van der Waals surface area contributed by atoms with E-state index in [0.29, 0.717) is 0 Å². The van der Waals surface area contributed by atoms with Crippen LogP contribution in [0.2, 0.25) is 0 Å². The van der Waals surface area contributed by atoms with Gasteiger partial charge in [0.25, 0.3) is 0 Å². The SMILES string of the molecule is N=S(N)(=O)C1CCC1. The van der Waals surface area contributed by atoms with E-state index in [1.807, 2.05) is 0 Å². The third-order valence-electron chi connectivity index (χ3n) is 1.55. The van der Waals surface area contributed by atoms with Gasteiger partial charge >= 0.3 is 0 Å². The molecule has 0 heterocycles.